The third-order valence-corrected chi connectivity index (χ3v) is 3.84. The molecule has 2 rings (SSSR count). The van der Waals surface area contributed by atoms with E-state index in [0.29, 0.717) is 24.8 Å². The number of oxazole rings is 1. The number of hydrogen-bond donors (Lipinski definition) is 2. The lowest BCUT2D eigenvalue weighted by Gasteiger charge is -2.10. The molecule has 0 saturated carbocycles. The fourth-order valence-electron chi connectivity index (χ4n) is 2.31. The predicted molar refractivity (Wildman–Crippen MR) is 101 cm³/mol. The quantitative estimate of drug-likeness (QED) is 0.326. The van der Waals surface area contributed by atoms with Gasteiger partial charge in [-0.3, -0.25) is 9.79 Å². The molecule has 2 aromatic rings. The van der Waals surface area contributed by atoms with Crippen molar-refractivity contribution in [3.8, 4) is 11.5 Å². The Hall–Kier alpha value is -2.83. The highest BCUT2D eigenvalue weighted by Gasteiger charge is 2.07. The summed E-state index contributed by atoms with van der Waals surface area (Å²) < 4.78 is 10.2. The Balaban J connectivity index is 1.75. The van der Waals surface area contributed by atoms with Crippen LogP contribution in [-0.4, -0.2) is 37.6 Å². The minimum Gasteiger partial charge on any atom is -0.469 e. The zero-order valence-corrected chi connectivity index (χ0v) is 15.5. The number of nitrogens with one attached hydrogen (secondary N) is 2. The summed E-state index contributed by atoms with van der Waals surface area (Å²) in [5.74, 6) is 1.11. The molecular weight excluding hydrogens is 332 g/mol. The smallest absolute Gasteiger partial charge is 0.305 e. The predicted octanol–water partition coefficient (Wildman–Crippen LogP) is 2.66. The highest BCUT2D eigenvalue weighted by Crippen LogP contribution is 2.18. The van der Waals surface area contributed by atoms with Gasteiger partial charge in [0.1, 0.15) is 6.26 Å². The molecule has 0 bridgehead atoms. The molecule has 0 unspecified atom stereocenters. The number of nitrogens with zero attached hydrogens (tertiary/aromatic N) is 2. The molecule has 7 heteroatoms. The summed E-state index contributed by atoms with van der Waals surface area (Å²) in [7, 11) is 3.12. The third-order valence-electron chi connectivity index (χ3n) is 3.84. The molecule has 1 aromatic carbocycles. The van der Waals surface area contributed by atoms with Crippen molar-refractivity contribution in [1.82, 2.24) is 15.6 Å². The van der Waals surface area contributed by atoms with Crippen LogP contribution in [0.3, 0.4) is 0 Å². The van der Waals surface area contributed by atoms with E-state index in [9.17, 15) is 4.79 Å². The van der Waals surface area contributed by atoms with Crippen LogP contribution in [0.2, 0.25) is 0 Å². The molecule has 0 saturated heterocycles. The standard InChI is InChI=1S/C19H26N4O3/c1-14-7-9-15(10-8-14)18-23-16(13-26-18)12-22-19(20-2)21-11-5-4-6-17(24)25-3/h7-10,13H,4-6,11-12H2,1-3H3,(H2,20,21,22). The maximum atomic E-state index is 11.1. The highest BCUT2D eigenvalue weighted by atomic mass is 16.5. The van der Waals surface area contributed by atoms with E-state index in [2.05, 4.69) is 25.3 Å². The molecule has 0 aliphatic carbocycles. The second-order valence-corrected chi connectivity index (χ2v) is 5.90. The number of aryl methyl sites for hydroxylation is 1. The topological polar surface area (TPSA) is 88.8 Å². The summed E-state index contributed by atoms with van der Waals surface area (Å²) in [5.41, 5.74) is 2.95. The highest BCUT2D eigenvalue weighted by molar-refractivity contribution is 5.79. The molecule has 0 aliphatic heterocycles. The molecule has 0 radical (unpaired) electrons. The van der Waals surface area contributed by atoms with E-state index in [0.717, 1.165) is 30.6 Å². The summed E-state index contributed by atoms with van der Waals surface area (Å²) in [6.45, 7) is 3.28. The van der Waals surface area contributed by atoms with Gasteiger partial charge in [-0.25, -0.2) is 4.98 Å². The monoisotopic (exact) mass is 358 g/mol. The number of aromatic nitrogens is 1. The first-order valence-electron chi connectivity index (χ1n) is 8.65. The van der Waals surface area contributed by atoms with E-state index in [4.69, 9.17) is 4.42 Å². The lowest BCUT2D eigenvalue weighted by Crippen LogP contribution is -2.37. The van der Waals surface area contributed by atoms with Gasteiger partial charge >= 0.3 is 5.97 Å². The van der Waals surface area contributed by atoms with Gasteiger partial charge in [-0.05, 0) is 31.9 Å². The molecule has 2 N–H and O–H groups in total. The first kappa shape index (κ1) is 19.5. The number of methoxy groups -OCH3 is 1. The Morgan fingerprint density at radius 2 is 2.00 bits per heavy atom. The SMILES string of the molecule is CN=C(NCCCCC(=O)OC)NCc1coc(-c2ccc(C)cc2)n1. The second kappa shape index (κ2) is 10.2. The molecule has 1 aromatic heterocycles. The van der Waals surface area contributed by atoms with Gasteiger partial charge in [0.2, 0.25) is 5.89 Å². The van der Waals surface area contributed by atoms with Gasteiger partial charge in [0.05, 0.1) is 19.3 Å². The maximum Gasteiger partial charge on any atom is 0.305 e. The van der Waals surface area contributed by atoms with Crippen molar-refractivity contribution in [2.24, 2.45) is 4.99 Å². The van der Waals surface area contributed by atoms with Crippen molar-refractivity contribution in [3.63, 3.8) is 0 Å². The van der Waals surface area contributed by atoms with Crippen LogP contribution >= 0.6 is 0 Å². The molecule has 1 heterocycles. The number of aliphatic imine (C=N–C) groups is 1. The third kappa shape index (κ3) is 6.23. The summed E-state index contributed by atoms with van der Waals surface area (Å²) in [4.78, 5) is 19.7. The largest absolute Gasteiger partial charge is 0.469 e. The molecule has 0 spiro atoms. The summed E-state index contributed by atoms with van der Waals surface area (Å²) in [6, 6.07) is 8.05. The fraction of sp³-hybridized carbons (Fsp3) is 0.421. The molecule has 7 nitrogen and oxygen atoms in total. The number of unbranched alkanes of at least 4 members (excludes halogenated alkanes) is 1. The van der Waals surface area contributed by atoms with Crippen LogP contribution in [0.25, 0.3) is 11.5 Å². The van der Waals surface area contributed by atoms with Gasteiger partial charge in [0.15, 0.2) is 5.96 Å². The number of benzene rings is 1. The van der Waals surface area contributed by atoms with E-state index in [1.807, 2.05) is 31.2 Å². The van der Waals surface area contributed by atoms with E-state index in [1.165, 1.54) is 12.7 Å². The lowest BCUT2D eigenvalue weighted by atomic mass is 10.1. The minimum absolute atomic E-state index is 0.178. The van der Waals surface area contributed by atoms with Gasteiger partial charge in [-0.15, -0.1) is 0 Å². The van der Waals surface area contributed by atoms with Crippen LogP contribution < -0.4 is 10.6 Å². The van der Waals surface area contributed by atoms with E-state index in [-0.39, 0.29) is 5.97 Å². The average molecular weight is 358 g/mol. The first-order chi connectivity index (χ1) is 12.6. The van der Waals surface area contributed by atoms with Gasteiger partial charge < -0.3 is 19.8 Å². The average Bonchev–Trinajstić information content (AvgIpc) is 3.13. The van der Waals surface area contributed by atoms with Crippen LogP contribution in [-0.2, 0) is 16.1 Å². The number of carbonyl (C=O) groups excluding carboxylic acids is 1. The Bertz CT molecular complexity index is 723. The maximum absolute atomic E-state index is 11.1. The molecule has 0 atom stereocenters. The minimum atomic E-state index is -0.178. The molecule has 0 aliphatic rings. The Morgan fingerprint density at radius 3 is 2.69 bits per heavy atom. The van der Waals surface area contributed by atoms with Gasteiger partial charge in [0, 0.05) is 25.6 Å². The summed E-state index contributed by atoms with van der Waals surface area (Å²) in [6.07, 6.45) is 3.72. The normalized spacial score (nSPS) is 11.3. The second-order valence-electron chi connectivity index (χ2n) is 5.90. The zero-order valence-electron chi connectivity index (χ0n) is 15.5. The molecule has 0 amide bonds. The van der Waals surface area contributed by atoms with Gasteiger partial charge in [0.25, 0.3) is 0 Å². The van der Waals surface area contributed by atoms with Crippen LogP contribution in [0, 0.1) is 6.92 Å². The van der Waals surface area contributed by atoms with Crippen LogP contribution in [0.1, 0.15) is 30.5 Å². The number of hydrogen-bond acceptors (Lipinski definition) is 5. The Kier molecular flexibility index (Phi) is 7.67. The van der Waals surface area contributed by atoms with Crippen LogP contribution in [0.4, 0.5) is 0 Å². The number of esters is 1. The molecule has 0 fully saturated rings. The number of guanidine groups is 1. The van der Waals surface area contributed by atoms with E-state index >= 15 is 0 Å². The zero-order chi connectivity index (χ0) is 18.8. The van der Waals surface area contributed by atoms with Gasteiger partial charge in [-0.1, -0.05) is 17.7 Å². The van der Waals surface area contributed by atoms with Crippen molar-refractivity contribution in [1.29, 1.82) is 0 Å². The number of ether oxygens (including phenoxy) is 1. The molecular formula is C19H26N4O3. The van der Waals surface area contributed by atoms with E-state index < -0.39 is 0 Å². The molecule has 140 valence electrons. The first-order valence-corrected chi connectivity index (χ1v) is 8.65. The Morgan fingerprint density at radius 1 is 1.23 bits per heavy atom. The van der Waals surface area contributed by atoms with Crippen LogP contribution in [0.5, 0.6) is 0 Å². The van der Waals surface area contributed by atoms with Crippen molar-refractivity contribution in [2.75, 3.05) is 20.7 Å². The van der Waals surface area contributed by atoms with Crippen molar-refractivity contribution >= 4 is 11.9 Å². The molecule has 26 heavy (non-hydrogen) atoms. The fourth-order valence-corrected chi connectivity index (χ4v) is 2.31. The lowest BCUT2D eigenvalue weighted by molar-refractivity contribution is -0.140. The van der Waals surface area contributed by atoms with Crippen molar-refractivity contribution < 1.29 is 13.9 Å². The van der Waals surface area contributed by atoms with E-state index in [1.54, 1.807) is 13.3 Å². The van der Waals surface area contributed by atoms with Gasteiger partial charge in [-0.2, -0.15) is 0 Å². The number of carbonyl (C=O) groups is 1. The summed E-state index contributed by atoms with van der Waals surface area (Å²) in [5, 5.41) is 6.40. The number of rotatable bonds is 8. The van der Waals surface area contributed by atoms with Crippen LogP contribution in [0.15, 0.2) is 39.9 Å². The van der Waals surface area contributed by atoms with Crippen molar-refractivity contribution in [2.45, 2.75) is 32.7 Å². The Labute approximate surface area is 153 Å². The summed E-state index contributed by atoms with van der Waals surface area (Å²) >= 11 is 0. The van der Waals surface area contributed by atoms with Crippen molar-refractivity contribution in [3.05, 3.63) is 41.8 Å².